The van der Waals surface area contributed by atoms with E-state index >= 15 is 0 Å². The number of benzene rings is 2. The van der Waals surface area contributed by atoms with Crippen LogP contribution < -0.4 is 14.4 Å². The second-order valence-electron chi connectivity index (χ2n) is 7.18. The molecule has 1 fully saturated rings. The maximum absolute atomic E-state index is 13.2. The number of nitrogens with zero attached hydrogens (tertiary/aromatic N) is 1. The number of hydrogen-bond acceptors (Lipinski definition) is 6. The minimum atomic E-state index is -0.800. The number of methoxy groups -OCH3 is 2. The topological polar surface area (TPSA) is 76.1 Å². The minimum absolute atomic E-state index is 0.0154. The molecule has 0 radical (unpaired) electrons. The Bertz CT molecular complexity index is 1240. The molecule has 164 valence electrons. The minimum Gasteiger partial charge on any atom is -0.507 e. The molecule has 3 aromatic rings. The van der Waals surface area contributed by atoms with Crippen molar-refractivity contribution in [1.29, 1.82) is 0 Å². The summed E-state index contributed by atoms with van der Waals surface area (Å²) in [7, 11) is 2.96. The van der Waals surface area contributed by atoms with Gasteiger partial charge in [-0.25, -0.2) is 0 Å². The molecule has 1 N–H and O–H groups in total. The van der Waals surface area contributed by atoms with Gasteiger partial charge in [0.05, 0.1) is 25.4 Å². The van der Waals surface area contributed by atoms with Gasteiger partial charge in [-0.15, -0.1) is 11.3 Å². The van der Waals surface area contributed by atoms with Gasteiger partial charge in [-0.3, -0.25) is 14.5 Å². The van der Waals surface area contributed by atoms with Gasteiger partial charge >= 0.3 is 0 Å². The Balaban J connectivity index is 1.97. The lowest BCUT2D eigenvalue weighted by atomic mass is 9.98. The van der Waals surface area contributed by atoms with Crippen LogP contribution in [0.5, 0.6) is 11.5 Å². The van der Waals surface area contributed by atoms with E-state index < -0.39 is 17.7 Å². The molecule has 32 heavy (non-hydrogen) atoms. The van der Waals surface area contributed by atoms with Crippen molar-refractivity contribution in [3.05, 3.63) is 80.5 Å². The molecule has 1 unspecified atom stereocenters. The van der Waals surface area contributed by atoms with Gasteiger partial charge < -0.3 is 14.6 Å². The zero-order valence-electron chi connectivity index (χ0n) is 17.6. The first kappa shape index (κ1) is 21.9. The maximum atomic E-state index is 13.2. The van der Waals surface area contributed by atoms with E-state index in [4.69, 9.17) is 21.1 Å². The molecule has 4 rings (SSSR count). The van der Waals surface area contributed by atoms with Gasteiger partial charge in [-0.1, -0.05) is 17.7 Å². The summed E-state index contributed by atoms with van der Waals surface area (Å²) in [6.07, 6.45) is 0. The van der Waals surface area contributed by atoms with Crippen molar-refractivity contribution in [2.75, 3.05) is 19.1 Å². The van der Waals surface area contributed by atoms with Crippen LogP contribution in [0.1, 0.15) is 22.0 Å². The van der Waals surface area contributed by atoms with Crippen LogP contribution in [-0.4, -0.2) is 31.0 Å². The third-order valence-electron chi connectivity index (χ3n) is 5.34. The van der Waals surface area contributed by atoms with Gasteiger partial charge in [0, 0.05) is 15.6 Å². The lowest BCUT2D eigenvalue weighted by Gasteiger charge is -2.26. The van der Waals surface area contributed by atoms with Crippen LogP contribution in [-0.2, 0) is 9.59 Å². The molecule has 1 aliphatic heterocycles. The predicted octanol–water partition coefficient (Wildman–Crippen LogP) is 5.35. The Hall–Kier alpha value is -3.29. The smallest absolute Gasteiger partial charge is 0.300 e. The van der Waals surface area contributed by atoms with E-state index in [1.54, 1.807) is 36.4 Å². The van der Waals surface area contributed by atoms with Crippen molar-refractivity contribution in [2.24, 2.45) is 0 Å². The van der Waals surface area contributed by atoms with E-state index in [1.165, 1.54) is 30.5 Å². The largest absolute Gasteiger partial charge is 0.507 e. The number of thiophene rings is 1. The molecule has 0 aliphatic carbocycles. The van der Waals surface area contributed by atoms with Gasteiger partial charge in [0.1, 0.15) is 23.3 Å². The van der Waals surface area contributed by atoms with Gasteiger partial charge in [0.2, 0.25) is 0 Å². The molecule has 1 amide bonds. The molecule has 0 bridgehead atoms. The normalized spacial score (nSPS) is 17.6. The van der Waals surface area contributed by atoms with E-state index in [2.05, 4.69) is 0 Å². The number of ether oxygens (including phenoxy) is 2. The standard InChI is InChI=1S/C24H20ClNO5S/c1-13-11-14(25)6-8-17(13)26-21(19-5-4-10-32-19)20(23(28)24(26)29)22(27)16-12-15(30-2)7-9-18(16)31-3/h4-12,21,27H,1-3H3/b22-20-. The average molecular weight is 470 g/mol. The summed E-state index contributed by atoms with van der Waals surface area (Å²) in [5.41, 5.74) is 1.53. The molecule has 2 heterocycles. The van der Waals surface area contributed by atoms with Crippen LogP contribution in [0, 0.1) is 6.92 Å². The summed E-state index contributed by atoms with van der Waals surface area (Å²) >= 11 is 7.49. The molecule has 1 aromatic heterocycles. The van der Waals surface area contributed by atoms with Crippen LogP contribution in [0.15, 0.2) is 59.5 Å². The van der Waals surface area contributed by atoms with Crippen molar-refractivity contribution in [3.63, 3.8) is 0 Å². The number of rotatable bonds is 5. The molecule has 8 heteroatoms. The van der Waals surface area contributed by atoms with Crippen LogP contribution in [0.25, 0.3) is 5.76 Å². The van der Waals surface area contributed by atoms with E-state index in [0.29, 0.717) is 22.2 Å². The molecule has 1 saturated heterocycles. The number of carbonyl (C=O) groups is 2. The Kier molecular flexibility index (Phi) is 5.95. The number of halogens is 1. The first-order valence-electron chi connectivity index (χ1n) is 9.70. The second-order valence-corrected chi connectivity index (χ2v) is 8.60. The van der Waals surface area contributed by atoms with Gasteiger partial charge in [-0.2, -0.15) is 0 Å². The summed E-state index contributed by atoms with van der Waals surface area (Å²) in [6, 6.07) is 12.8. The zero-order valence-corrected chi connectivity index (χ0v) is 19.2. The fourth-order valence-corrected chi connectivity index (χ4v) is 4.88. The molecule has 1 atom stereocenters. The van der Waals surface area contributed by atoms with Crippen molar-refractivity contribution in [3.8, 4) is 11.5 Å². The van der Waals surface area contributed by atoms with Gasteiger partial charge in [0.15, 0.2) is 0 Å². The SMILES string of the molecule is COc1ccc(OC)c(/C(O)=C2/C(=O)C(=O)N(c3ccc(Cl)cc3C)C2c2cccs2)c1. The van der Waals surface area contributed by atoms with Crippen molar-refractivity contribution in [1.82, 2.24) is 0 Å². The highest BCUT2D eigenvalue weighted by Gasteiger charge is 2.48. The fourth-order valence-electron chi connectivity index (χ4n) is 3.83. The number of Topliss-reactive ketones (excluding diaryl/α,β-unsaturated/α-hetero) is 1. The number of hydrogen-bond donors (Lipinski definition) is 1. The Morgan fingerprint density at radius 2 is 1.88 bits per heavy atom. The number of amides is 1. The summed E-state index contributed by atoms with van der Waals surface area (Å²) in [6.45, 7) is 1.82. The Labute approximate surface area is 194 Å². The van der Waals surface area contributed by atoms with Crippen molar-refractivity contribution >= 4 is 46.1 Å². The van der Waals surface area contributed by atoms with Crippen molar-refractivity contribution in [2.45, 2.75) is 13.0 Å². The van der Waals surface area contributed by atoms with E-state index in [0.717, 1.165) is 10.4 Å². The molecule has 6 nitrogen and oxygen atoms in total. The highest BCUT2D eigenvalue weighted by atomic mass is 35.5. The summed E-state index contributed by atoms with van der Waals surface area (Å²) in [4.78, 5) is 28.6. The second kappa shape index (κ2) is 8.68. The highest BCUT2D eigenvalue weighted by Crippen LogP contribution is 2.45. The van der Waals surface area contributed by atoms with Crippen LogP contribution in [0.4, 0.5) is 5.69 Å². The number of anilines is 1. The maximum Gasteiger partial charge on any atom is 0.300 e. The lowest BCUT2D eigenvalue weighted by Crippen LogP contribution is -2.29. The Morgan fingerprint density at radius 1 is 1.09 bits per heavy atom. The summed E-state index contributed by atoms with van der Waals surface area (Å²) < 4.78 is 10.7. The van der Waals surface area contributed by atoms with Crippen LogP contribution in [0.3, 0.4) is 0 Å². The van der Waals surface area contributed by atoms with Crippen LogP contribution in [0.2, 0.25) is 5.02 Å². The fraction of sp³-hybridized carbons (Fsp3) is 0.167. The summed E-state index contributed by atoms with van der Waals surface area (Å²) in [5, 5.41) is 13.7. The van der Waals surface area contributed by atoms with E-state index in [1.807, 2.05) is 24.4 Å². The third-order valence-corrected chi connectivity index (χ3v) is 6.50. The number of aliphatic hydroxyl groups excluding tert-OH is 1. The number of ketones is 1. The monoisotopic (exact) mass is 469 g/mol. The van der Waals surface area contributed by atoms with Gasteiger partial charge in [0.25, 0.3) is 11.7 Å². The molecule has 0 spiro atoms. The van der Waals surface area contributed by atoms with Crippen LogP contribution >= 0.6 is 22.9 Å². The van der Waals surface area contributed by atoms with E-state index in [-0.39, 0.29) is 16.9 Å². The van der Waals surface area contributed by atoms with E-state index in [9.17, 15) is 14.7 Å². The predicted molar refractivity (Wildman–Crippen MR) is 125 cm³/mol. The Morgan fingerprint density at radius 3 is 2.50 bits per heavy atom. The highest BCUT2D eigenvalue weighted by molar-refractivity contribution is 7.10. The third kappa shape index (κ3) is 3.63. The zero-order chi connectivity index (χ0) is 23.0. The first-order valence-corrected chi connectivity index (χ1v) is 11.0. The molecule has 1 aliphatic rings. The number of aliphatic hydroxyl groups is 1. The molecular weight excluding hydrogens is 450 g/mol. The quantitative estimate of drug-likeness (QED) is 0.309. The van der Waals surface area contributed by atoms with Crippen molar-refractivity contribution < 1.29 is 24.2 Å². The molecular formula is C24H20ClNO5S. The average Bonchev–Trinajstić information content (AvgIpc) is 3.40. The first-order chi connectivity index (χ1) is 15.4. The lowest BCUT2D eigenvalue weighted by molar-refractivity contribution is -0.132. The number of carbonyl (C=O) groups excluding carboxylic acids is 2. The van der Waals surface area contributed by atoms with Gasteiger partial charge in [-0.05, 0) is 60.3 Å². The molecule has 0 saturated carbocycles. The number of aryl methyl sites for hydroxylation is 1. The molecule has 2 aromatic carbocycles. The summed E-state index contributed by atoms with van der Waals surface area (Å²) in [5.74, 6) is -1.01.